The van der Waals surface area contributed by atoms with Gasteiger partial charge in [0.15, 0.2) is 0 Å². The van der Waals surface area contributed by atoms with Gasteiger partial charge in [0.25, 0.3) is 11.9 Å². The summed E-state index contributed by atoms with van der Waals surface area (Å²) in [5.41, 5.74) is 12.9. The zero-order chi connectivity index (χ0) is 11.7. The molecule has 0 aromatic carbocycles. The fourth-order valence-electron chi connectivity index (χ4n) is 0.156. The number of hydrogen-bond donors (Lipinski definition) is 4. The maximum absolute atomic E-state index is 9.58. The molecule has 2 unspecified atom stereocenters. The number of rotatable bonds is 4. The summed E-state index contributed by atoms with van der Waals surface area (Å²) in [4.78, 5) is 19.2. The molecular weight excluding hydrogens is 391 g/mol. The molecule has 15 heavy (non-hydrogen) atoms. The Morgan fingerprint density at radius 2 is 1.13 bits per heavy atom. The van der Waals surface area contributed by atoms with E-state index in [4.69, 9.17) is 31.9 Å². The molecule has 0 radical (unpaired) electrons. The summed E-state index contributed by atoms with van der Waals surface area (Å²) in [7, 11) is 0. The van der Waals surface area contributed by atoms with Gasteiger partial charge in [-0.1, -0.05) is 0 Å². The molecule has 0 spiro atoms. The first-order chi connectivity index (χ1) is 6.36. The number of carboxylic acid groups (broad SMARTS) is 2. The van der Waals surface area contributed by atoms with Crippen LogP contribution in [0.15, 0.2) is 0 Å². The van der Waals surface area contributed by atoms with Gasteiger partial charge in [-0.15, -0.1) is 0 Å². The molecule has 0 aromatic heterocycles. The summed E-state index contributed by atoms with van der Waals surface area (Å²) in [5.74, 6) is -2.58. The first kappa shape index (κ1) is 20.0. The predicted molar refractivity (Wildman–Crippen MR) is 45.7 cm³/mol. The van der Waals surface area contributed by atoms with Gasteiger partial charge >= 0.3 is 21.1 Å². The average Bonchev–Trinajstić information content (AvgIpc) is 2.15. The number of aliphatic hydroxyl groups excluding tert-OH is 2. The molecule has 2 atom stereocenters. The fraction of sp³-hybridized carbons (Fsp3) is 0.667. The van der Waals surface area contributed by atoms with Crippen LogP contribution in [0.25, 0.3) is 11.5 Å². The van der Waals surface area contributed by atoms with E-state index in [1.54, 1.807) is 0 Å². The number of aliphatic hydroxyl groups is 2. The minimum atomic E-state index is -1.38. The first-order valence-corrected chi connectivity index (χ1v) is 3.46. The molecule has 0 aliphatic rings. The normalized spacial score (nSPS) is 12.5. The molecular formula is C6H12N2O6Pt. The molecule has 0 aliphatic heterocycles. The Kier molecular flexibility index (Phi) is 15.4. The van der Waals surface area contributed by atoms with E-state index in [1.165, 1.54) is 0 Å². The van der Waals surface area contributed by atoms with Crippen molar-refractivity contribution in [2.24, 2.45) is 0 Å². The average molecular weight is 403 g/mol. The van der Waals surface area contributed by atoms with Crippen molar-refractivity contribution in [3.05, 3.63) is 11.5 Å². The molecule has 0 saturated heterocycles. The number of aliphatic carboxylic acids is 2. The largest absolute Gasteiger partial charge is 2.00 e. The van der Waals surface area contributed by atoms with Crippen molar-refractivity contribution in [1.29, 1.82) is 0 Å². The summed E-state index contributed by atoms with van der Waals surface area (Å²) >= 11 is 0. The van der Waals surface area contributed by atoms with Gasteiger partial charge in [-0.05, 0) is 12.1 Å². The summed E-state index contributed by atoms with van der Waals surface area (Å²) in [6, 6.07) is -2.75. The van der Waals surface area contributed by atoms with Crippen molar-refractivity contribution in [1.82, 2.24) is 0 Å². The smallest absolute Gasteiger partial charge is 0.663 e. The van der Waals surface area contributed by atoms with Gasteiger partial charge in [-0.3, -0.25) is 9.59 Å². The SMILES string of the molecule is [NH-]C(CO)C(=O)O.[NH-]C(CO)C(=O)O.[Pt+2]. The third-order valence-corrected chi connectivity index (χ3v) is 0.961. The molecule has 0 saturated carbocycles. The number of hydrogen-bond acceptors (Lipinski definition) is 4. The maximum Gasteiger partial charge on any atom is 2.00 e. The van der Waals surface area contributed by atoms with Crippen molar-refractivity contribution in [2.75, 3.05) is 13.2 Å². The minimum absolute atomic E-state index is 0. The second-order valence-electron chi connectivity index (χ2n) is 2.15. The van der Waals surface area contributed by atoms with Crippen molar-refractivity contribution in [3.63, 3.8) is 0 Å². The standard InChI is InChI=1S/2C3H6NO3.Pt/c2*4-2(1-5)3(6)7;/h2*2,4-5H,1H2,(H,6,7);/q2*-1;+2. The van der Waals surface area contributed by atoms with Crippen LogP contribution >= 0.6 is 0 Å². The molecule has 0 heterocycles. The van der Waals surface area contributed by atoms with E-state index in [0.29, 0.717) is 0 Å². The van der Waals surface area contributed by atoms with Gasteiger partial charge in [0.1, 0.15) is 0 Å². The molecule has 6 N–H and O–H groups in total. The van der Waals surface area contributed by atoms with E-state index in [9.17, 15) is 9.59 Å². The topological polar surface area (TPSA) is 163 Å². The monoisotopic (exact) mass is 403 g/mol. The van der Waals surface area contributed by atoms with Gasteiger partial charge in [0, 0.05) is 13.2 Å². The van der Waals surface area contributed by atoms with Crippen molar-refractivity contribution in [2.45, 2.75) is 12.1 Å². The van der Waals surface area contributed by atoms with Gasteiger partial charge in [-0.25, -0.2) is 0 Å². The van der Waals surface area contributed by atoms with Gasteiger partial charge in [0.2, 0.25) is 0 Å². The molecule has 0 bridgehead atoms. The van der Waals surface area contributed by atoms with E-state index < -0.39 is 37.2 Å². The van der Waals surface area contributed by atoms with Crippen LogP contribution < -0.4 is 0 Å². The molecule has 9 heteroatoms. The van der Waals surface area contributed by atoms with Crippen LogP contribution in [0.3, 0.4) is 0 Å². The molecule has 0 aliphatic carbocycles. The fourth-order valence-corrected chi connectivity index (χ4v) is 0.156. The first-order valence-electron chi connectivity index (χ1n) is 3.46. The Balaban J connectivity index is -0.000000180. The van der Waals surface area contributed by atoms with Crippen LogP contribution in [-0.4, -0.2) is 57.7 Å². The number of carboxylic acids is 2. The third kappa shape index (κ3) is 13.5. The molecule has 0 aromatic rings. The van der Waals surface area contributed by atoms with Gasteiger partial charge in [0.05, 0.1) is 0 Å². The Hall–Kier alpha value is -0.532. The zero-order valence-corrected chi connectivity index (χ0v) is 9.76. The molecule has 8 nitrogen and oxygen atoms in total. The van der Waals surface area contributed by atoms with Gasteiger partial charge in [-0.2, -0.15) is 0 Å². The zero-order valence-electron chi connectivity index (χ0n) is 7.49. The molecule has 0 amide bonds. The predicted octanol–water partition coefficient (Wildman–Crippen LogP) is -1.03. The molecule has 0 fully saturated rings. The second-order valence-corrected chi connectivity index (χ2v) is 2.15. The van der Waals surface area contributed by atoms with Gasteiger partial charge < -0.3 is 31.9 Å². The summed E-state index contributed by atoms with van der Waals surface area (Å²) in [5, 5.41) is 31.5. The van der Waals surface area contributed by atoms with Crippen molar-refractivity contribution >= 4 is 11.9 Å². The summed E-state index contributed by atoms with van der Waals surface area (Å²) in [6.07, 6.45) is 0. The summed E-state index contributed by atoms with van der Waals surface area (Å²) < 4.78 is 0. The van der Waals surface area contributed by atoms with Crippen LogP contribution in [0.1, 0.15) is 0 Å². The number of carbonyl (C=O) groups is 2. The van der Waals surface area contributed by atoms with E-state index in [2.05, 4.69) is 0 Å². The van der Waals surface area contributed by atoms with E-state index in [0.717, 1.165) is 0 Å². The summed E-state index contributed by atoms with van der Waals surface area (Å²) in [6.45, 7) is -1.23. The maximum atomic E-state index is 9.58. The van der Waals surface area contributed by atoms with Crippen LogP contribution in [0.4, 0.5) is 0 Å². The third-order valence-electron chi connectivity index (χ3n) is 0.961. The molecule has 0 rings (SSSR count). The molecule has 92 valence electrons. The van der Waals surface area contributed by atoms with Crippen LogP contribution in [-0.2, 0) is 30.7 Å². The van der Waals surface area contributed by atoms with E-state index in [-0.39, 0.29) is 21.1 Å². The van der Waals surface area contributed by atoms with Crippen molar-refractivity contribution < 1.29 is 51.1 Å². The Bertz CT molecular complexity index is 170. The van der Waals surface area contributed by atoms with E-state index in [1.807, 2.05) is 0 Å². The van der Waals surface area contributed by atoms with Crippen LogP contribution in [0, 0.1) is 0 Å². The quantitative estimate of drug-likeness (QED) is 0.469. The Morgan fingerprint density at radius 3 is 1.13 bits per heavy atom. The van der Waals surface area contributed by atoms with Crippen LogP contribution in [0.2, 0.25) is 0 Å². The Labute approximate surface area is 100 Å². The minimum Gasteiger partial charge on any atom is -0.663 e. The van der Waals surface area contributed by atoms with Crippen LogP contribution in [0.5, 0.6) is 0 Å². The second kappa shape index (κ2) is 11.5. The van der Waals surface area contributed by atoms with Crippen molar-refractivity contribution in [3.8, 4) is 0 Å². The van der Waals surface area contributed by atoms with E-state index >= 15 is 0 Å². The Morgan fingerprint density at radius 1 is 0.933 bits per heavy atom. The number of nitrogens with one attached hydrogen (secondary N) is 2.